The molecule has 1 aromatic carbocycles. The molecule has 7 heteroatoms. The zero-order valence-corrected chi connectivity index (χ0v) is 15.7. The summed E-state index contributed by atoms with van der Waals surface area (Å²) in [6, 6.07) is 5.66. The van der Waals surface area contributed by atoms with Crippen LogP contribution in [0.25, 0.3) is 0 Å². The van der Waals surface area contributed by atoms with Crippen molar-refractivity contribution in [3.8, 4) is 0 Å². The van der Waals surface area contributed by atoms with Crippen LogP contribution in [-0.4, -0.2) is 10.9 Å². The lowest BCUT2D eigenvalue weighted by Crippen LogP contribution is -2.54. The smallest absolute Gasteiger partial charge is 0.279 e. The summed E-state index contributed by atoms with van der Waals surface area (Å²) in [4.78, 5) is 18.1. The Bertz CT molecular complexity index is 932. The molecule has 0 N–H and O–H groups in total. The van der Waals surface area contributed by atoms with Gasteiger partial charge in [0.05, 0.1) is 23.0 Å². The highest BCUT2D eigenvalue weighted by Gasteiger charge is 2.53. The number of benzene rings is 1. The van der Waals surface area contributed by atoms with Crippen LogP contribution in [0.2, 0.25) is 0 Å². The fraction of sp³-hybridized carbons (Fsp3) is 0.400. The van der Waals surface area contributed by atoms with E-state index in [-0.39, 0.29) is 17.2 Å². The molecule has 0 fully saturated rings. The predicted molar refractivity (Wildman–Crippen MR) is 94.3 cm³/mol. The van der Waals surface area contributed by atoms with E-state index in [2.05, 4.69) is 4.98 Å². The van der Waals surface area contributed by atoms with Gasteiger partial charge in [-0.3, -0.25) is 9.69 Å². The van der Waals surface area contributed by atoms with Crippen molar-refractivity contribution < 1.29 is 22.4 Å². The molecule has 2 aromatic rings. The molecule has 144 valence electrons. The molecule has 0 unspecified atom stereocenters. The molecule has 3 rings (SSSR count). The zero-order valence-electron chi connectivity index (χ0n) is 15.7. The fourth-order valence-electron chi connectivity index (χ4n) is 3.52. The van der Waals surface area contributed by atoms with Gasteiger partial charge in [0, 0.05) is 11.0 Å². The highest BCUT2D eigenvalue weighted by molar-refractivity contribution is 6.07. The third kappa shape index (κ3) is 2.71. The van der Waals surface area contributed by atoms with Crippen LogP contribution in [0.3, 0.4) is 0 Å². The number of carbonyl (C=O) groups excluding carboxylic acids is 1. The van der Waals surface area contributed by atoms with Crippen molar-refractivity contribution in [3.05, 3.63) is 53.1 Å². The molecule has 1 aromatic heterocycles. The topological polar surface area (TPSA) is 33.2 Å². The van der Waals surface area contributed by atoms with Crippen molar-refractivity contribution in [2.75, 3.05) is 4.90 Å². The molecule has 0 atom stereocenters. The second-order valence-corrected chi connectivity index (χ2v) is 7.88. The van der Waals surface area contributed by atoms with E-state index in [0.29, 0.717) is 11.3 Å². The van der Waals surface area contributed by atoms with Gasteiger partial charge < -0.3 is 0 Å². The molecule has 0 saturated carbocycles. The Hall–Kier alpha value is -2.44. The molecular weight excluding hydrogens is 360 g/mol. The monoisotopic (exact) mass is 380 g/mol. The minimum absolute atomic E-state index is 0.103. The SMILES string of the molecule is Cc1cc(N2C(=O)C(C)(C)C(C)(C)c3c(F)cccc32)cnc1C(F)(F)F. The maximum Gasteiger partial charge on any atom is 0.433 e. The lowest BCUT2D eigenvalue weighted by Gasteiger charge is -2.49. The van der Waals surface area contributed by atoms with Crippen LogP contribution in [-0.2, 0) is 16.4 Å². The van der Waals surface area contributed by atoms with Gasteiger partial charge in [-0.1, -0.05) is 33.8 Å². The summed E-state index contributed by atoms with van der Waals surface area (Å²) in [7, 11) is 0. The second kappa shape index (κ2) is 5.78. The number of alkyl halides is 3. The Morgan fingerprint density at radius 3 is 2.26 bits per heavy atom. The van der Waals surface area contributed by atoms with Crippen molar-refractivity contribution in [1.29, 1.82) is 0 Å². The van der Waals surface area contributed by atoms with Crippen molar-refractivity contribution in [1.82, 2.24) is 4.98 Å². The van der Waals surface area contributed by atoms with Gasteiger partial charge in [0.15, 0.2) is 0 Å². The second-order valence-electron chi connectivity index (χ2n) is 7.88. The third-order valence-electron chi connectivity index (χ3n) is 5.75. The Balaban J connectivity index is 2.27. The summed E-state index contributed by atoms with van der Waals surface area (Å²) >= 11 is 0. The Labute approximate surface area is 155 Å². The number of halogens is 4. The maximum atomic E-state index is 14.7. The fourth-order valence-corrected chi connectivity index (χ4v) is 3.52. The van der Waals surface area contributed by atoms with Gasteiger partial charge in [-0.2, -0.15) is 13.2 Å². The zero-order chi connectivity index (χ0) is 20.4. The quantitative estimate of drug-likeness (QED) is 0.610. The van der Waals surface area contributed by atoms with Gasteiger partial charge in [0.2, 0.25) is 5.91 Å². The molecule has 27 heavy (non-hydrogen) atoms. The van der Waals surface area contributed by atoms with Crippen LogP contribution < -0.4 is 4.90 Å². The molecular formula is C20H20F4N2O. The van der Waals surface area contributed by atoms with Crippen LogP contribution in [0.1, 0.15) is 44.5 Å². The summed E-state index contributed by atoms with van der Waals surface area (Å²) in [6.45, 7) is 8.29. The number of pyridine rings is 1. The molecule has 1 amide bonds. The predicted octanol–water partition coefficient (Wildman–Crippen LogP) is 5.53. The van der Waals surface area contributed by atoms with Gasteiger partial charge >= 0.3 is 6.18 Å². The molecule has 1 aliphatic rings. The average Bonchev–Trinajstić information content (AvgIpc) is 2.52. The van der Waals surface area contributed by atoms with Gasteiger partial charge in [0.1, 0.15) is 11.5 Å². The van der Waals surface area contributed by atoms with Crippen LogP contribution >= 0.6 is 0 Å². The summed E-state index contributed by atoms with van der Waals surface area (Å²) in [5.74, 6) is -0.786. The molecule has 0 aliphatic carbocycles. The van der Waals surface area contributed by atoms with E-state index in [1.165, 1.54) is 30.0 Å². The molecule has 2 heterocycles. The van der Waals surface area contributed by atoms with E-state index < -0.39 is 28.5 Å². The summed E-state index contributed by atoms with van der Waals surface area (Å²) < 4.78 is 53.8. The van der Waals surface area contributed by atoms with Gasteiger partial charge in [-0.05, 0) is 30.7 Å². The van der Waals surface area contributed by atoms with Crippen molar-refractivity contribution in [2.45, 2.75) is 46.2 Å². The lowest BCUT2D eigenvalue weighted by atomic mass is 9.60. The molecule has 0 spiro atoms. The summed E-state index contributed by atoms with van der Waals surface area (Å²) in [5, 5.41) is 0. The van der Waals surface area contributed by atoms with Crippen molar-refractivity contribution in [3.63, 3.8) is 0 Å². The minimum Gasteiger partial charge on any atom is -0.279 e. The number of nitrogens with zero attached hydrogens (tertiary/aromatic N) is 2. The van der Waals surface area contributed by atoms with Crippen LogP contribution in [0.5, 0.6) is 0 Å². The van der Waals surface area contributed by atoms with Gasteiger partial charge in [-0.15, -0.1) is 0 Å². The number of amides is 1. The number of anilines is 2. The van der Waals surface area contributed by atoms with Crippen LogP contribution in [0.15, 0.2) is 30.5 Å². The Morgan fingerprint density at radius 2 is 1.70 bits per heavy atom. The number of hydrogen-bond acceptors (Lipinski definition) is 2. The molecule has 3 nitrogen and oxygen atoms in total. The van der Waals surface area contributed by atoms with E-state index in [1.54, 1.807) is 33.8 Å². The Morgan fingerprint density at radius 1 is 1.07 bits per heavy atom. The standard InChI is InChI=1S/C20H20F4N2O/c1-11-9-12(10-25-16(11)20(22,23)24)26-14-8-6-7-13(21)15(14)18(2,3)19(4,5)17(26)27/h6-10H,1-5H3. The molecule has 0 bridgehead atoms. The highest BCUT2D eigenvalue weighted by atomic mass is 19.4. The number of carbonyl (C=O) groups is 1. The number of hydrogen-bond donors (Lipinski definition) is 0. The molecule has 0 radical (unpaired) electrons. The lowest BCUT2D eigenvalue weighted by molar-refractivity contribution is -0.141. The van der Waals surface area contributed by atoms with Gasteiger partial charge in [-0.25, -0.2) is 9.37 Å². The first kappa shape index (κ1) is 19.3. The molecule has 0 saturated heterocycles. The van der Waals surface area contributed by atoms with Crippen molar-refractivity contribution >= 4 is 17.3 Å². The number of aryl methyl sites for hydroxylation is 1. The van der Waals surface area contributed by atoms with E-state index in [1.807, 2.05) is 0 Å². The first-order chi connectivity index (χ1) is 12.3. The van der Waals surface area contributed by atoms with E-state index in [0.717, 1.165) is 6.20 Å². The first-order valence-electron chi connectivity index (χ1n) is 8.47. The maximum absolute atomic E-state index is 14.7. The Kier molecular flexibility index (Phi) is 4.13. The minimum atomic E-state index is -4.58. The van der Waals surface area contributed by atoms with E-state index in [9.17, 15) is 22.4 Å². The van der Waals surface area contributed by atoms with Crippen molar-refractivity contribution in [2.24, 2.45) is 5.41 Å². The molecule has 1 aliphatic heterocycles. The summed E-state index contributed by atoms with van der Waals surface area (Å²) in [6.07, 6.45) is -3.57. The highest BCUT2D eigenvalue weighted by Crippen LogP contribution is 2.53. The van der Waals surface area contributed by atoms with Crippen LogP contribution in [0, 0.1) is 18.2 Å². The number of rotatable bonds is 1. The number of fused-ring (bicyclic) bond motifs is 1. The van der Waals surface area contributed by atoms with Gasteiger partial charge in [0.25, 0.3) is 0 Å². The average molecular weight is 380 g/mol. The number of aromatic nitrogens is 1. The normalized spacial score (nSPS) is 18.4. The first-order valence-corrected chi connectivity index (χ1v) is 8.47. The largest absolute Gasteiger partial charge is 0.433 e. The van der Waals surface area contributed by atoms with E-state index >= 15 is 0 Å². The van der Waals surface area contributed by atoms with Crippen LogP contribution in [0.4, 0.5) is 28.9 Å². The van der Waals surface area contributed by atoms with E-state index in [4.69, 9.17) is 0 Å². The third-order valence-corrected chi connectivity index (χ3v) is 5.75. The summed E-state index contributed by atoms with van der Waals surface area (Å²) in [5.41, 5.74) is -2.05.